The minimum Gasteiger partial charge on any atom is -0.497 e. The third kappa shape index (κ3) is 5.64. The first-order valence-corrected chi connectivity index (χ1v) is 13.3. The Bertz CT molecular complexity index is 1100. The number of piperazine rings is 2. The van der Waals surface area contributed by atoms with E-state index < -0.39 is 6.04 Å². The fourth-order valence-corrected chi connectivity index (χ4v) is 5.91. The Hall–Kier alpha value is -3.39. The van der Waals surface area contributed by atoms with Crippen molar-refractivity contribution in [3.05, 3.63) is 65.7 Å². The number of hydrogen-bond donors (Lipinski definition) is 1. The van der Waals surface area contributed by atoms with Crippen LogP contribution < -0.4 is 10.1 Å². The van der Waals surface area contributed by atoms with Crippen molar-refractivity contribution in [2.75, 3.05) is 33.3 Å². The number of nitrogens with one attached hydrogen (secondary N) is 1. The number of fused-ring (bicyclic) bond motifs is 1. The maximum absolute atomic E-state index is 13.8. The molecule has 3 atom stereocenters. The van der Waals surface area contributed by atoms with Gasteiger partial charge < -0.3 is 19.9 Å². The molecule has 3 aliphatic rings. The molecule has 0 aromatic heterocycles. The van der Waals surface area contributed by atoms with Gasteiger partial charge in [0.25, 0.3) is 5.91 Å². The van der Waals surface area contributed by atoms with Gasteiger partial charge in [0.15, 0.2) is 0 Å². The first kappa shape index (κ1) is 25.3. The Morgan fingerprint density at radius 2 is 1.65 bits per heavy atom. The first-order chi connectivity index (χ1) is 18.0. The normalized spacial score (nSPS) is 24.2. The summed E-state index contributed by atoms with van der Waals surface area (Å²) >= 11 is 0. The number of carbonyl (C=O) groups excluding carboxylic acids is 3. The van der Waals surface area contributed by atoms with Crippen molar-refractivity contribution in [1.29, 1.82) is 0 Å². The van der Waals surface area contributed by atoms with Crippen LogP contribution in [0, 0.1) is 0 Å². The van der Waals surface area contributed by atoms with E-state index in [0.717, 1.165) is 45.3 Å². The van der Waals surface area contributed by atoms with E-state index in [2.05, 4.69) is 22.3 Å². The van der Waals surface area contributed by atoms with Gasteiger partial charge in [-0.1, -0.05) is 43.2 Å². The van der Waals surface area contributed by atoms with Gasteiger partial charge in [-0.05, 0) is 42.7 Å². The van der Waals surface area contributed by atoms with E-state index in [9.17, 15) is 14.4 Å². The SMILES string of the molecule is COc1ccc(C(=O)N2[C@H](CC(=O)N3CCN(Cc4ccccc4)CC3)C(=O)N[C@H]3CCCC[C@H]32)cc1. The number of rotatable bonds is 6. The molecular weight excluding hydrogens is 468 g/mol. The van der Waals surface area contributed by atoms with Crippen molar-refractivity contribution in [1.82, 2.24) is 20.0 Å². The molecule has 3 fully saturated rings. The second-order valence-electron chi connectivity index (χ2n) is 10.3. The Balaban J connectivity index is 1.28. The average Bonchev–Trinajstić information content (AvgIpc) is 2.94. The Morgan fingerprint density at radius 3 is 2.35 bits per heavy atom. The molecule has 5 rings (SSSR count). The molecule has 37 heavy (non-hydrogen) atoms. The van der Waals surface area contributed by atoms with Crippen molar-refractivity contribution in [2.24, 2.45) is 0 Å². The van der Waals surface area contributed by atoms with Crippen molar-refractivity contribution in [3.63, 3.8) is 0 Å². The minimum atomic E-state index is -0.802. The highest BCUT2D eigenvalue weighted by molar-refractivity contribution is 6.00. The lowest BCUT2D eigenvalue weighted by atomic mass is 9.84. The van der Waals surface area contributed by atoms with Gasteiger partial charge >= 0.3 is 0 Å². The third-order valence-electron chi connectivity index (χ3n) is 7.97. The van der Waals surface area contributed by atoms with E-state index in [1.165, 1.54) is 5.56 Å². The van der Waals surface area contributed by atoms with Gasteiger partial charge in [-0.15, -0.1) is 0 Å². The van der Waals surface area contributed by atoms with Gasteiger partial charge in [-0.25, -0.2) is 0 Å². The maximum atomic E-state index is 13.8. The Labute approximate surface area is 218 Å². The second kappa shape index (κ2) is 11.3. The van der Waals surface area contributed by atoms with Gasteiger partial charge in [0.05, 0.1) is 19.6 Å². The molecule has 2 saturated heterocycles. The number of ether oxygens (including phenoxy) is 1. The molecule has 8 nitrogen and oxygen atoms in total. The van der Waals surface area contributed by atoms with Crippen molar-refractivity contribution >= 4 is 17.7 Å². The number of amides is 3. The van der Waals surface area contributed by atoms with Gasteiger partial charge in [0.1, 0.15) is 11.8 Å². The highest BCUT2D eigenvalue weighted by Gasteiger charge is 2.46. The van der Waals surface area contributed by atoms with Crippen molar-refractivity contribution in [2.45, 2.75) is 56.8 Å². The van der Waals surface area contributed by atoms with E-state index in [0.29, 0.717) is 24.4 Å². The standard InChI is InChI=1S/C29H36N4O4/c1-37-23-13-11-22(12-14-23)29(36)33-25-10-6-5-9-24(25)30-28(35)26(33)19-27(34)32-17-15-31(16-18-32)20-21-7-3-2-4-8-21/h2-4,7-8,11-14,24-26H,5-6,9-10,15-20H2,1H3,(H,30,35)/t24-,25+,26+/m0/s1. The lowest BCUT2D eigenvalue weighted by Crippen LogP contribution is -2.68. The Morgan fingerprint density at radius 1 is 0.946 bits per heavy atom. The van der Waals surface area contributed by atoms with Crippen molar-refractivity contribution in [3.8, 4) is 5.75 Å². The lowest BCUT2D eigenvalue weighted by Gasteiger charge is -2.48. The molecule has 1 N–H and O–H groups in total. The number of nitrogens with zero attached hydrogens (tertiary/aromatic N) is 3. The molecule has 8 heteroatoms. The highest BCUT2D eigenvalue weighted by atomic mass is 16.5. The van der Waals surface area contributed by atoms with Crippen LogP contribution in [-0.2, 0) is 16.1 Å². The molecule has 2 aliphatic heterocycles. The monoisotopic (exact) mass is 504 g/mol. The van der Waals surface area contributed by atoms with E-state index in [4.69, 9.17) is 4.74 Å². The summed E-state index contributed by atoms with van der Waals surface area (Å²) in [5.41, 5.74) is 1.77. The van der Waals surface area contributed by atoms with Crippen LogP contribution in [-0.4, -0.2) is 83.8 Å². The smallest absolute Gasteiger partial charge is 0.254 e. The van der Waals surface area contributed by atoms with E-state index in [1.54, 1.807) is 36.3 Å². The maximum Gasteiger partial charge on any atom is 0.254 e. The fourth-order valence-electron chi connectivity index (χ4n) is 5.91. The molecule has 196 valence electrons. The summed E-state index contributed by atoms with van der Waals surface area (Å²) in [7, 11) is 1.58. The number of benzene rings is 2. The molecule has 2 aromatic carbocycles. The predicted octanol–water partition coefficient (Wildman–Crippen LogP) is 2.68. The van der Waals surface area contributed by atoms with Crippen LogP contribution in [0.1, 0.15) is 48.0 Å². The Kier molecular flexibility index (Phi) is 7.74. The van der Waals surface area contributed by atoms with Gasteiger partial charge in [-0.3, -0.25) is 19.3 Å². The van der Waals surface area contributed by atoms with Crippen LogP contribution in [0.5, 0.6) is 5.75 Å². The van der Waals surface area contributed by atoms with Gasteiger partial charge in [-0.2, -0.15) is 0 Å². The quantitative estimate of drug-likeness (QED) is 0.654. The highest BCUT2D eigenvalue weighted by Crippen LogP contribution is 2.31. The molecule has 0 bridgehead atoms. The average molecular weight is 505 g/mol. The topological polar surface area (TPSA) is 82.2 Å². The minimum absolute atomic E-state index is 0.00956. The summed E-state index contributed by atoms with van der Waals surface area (Å²) in [4.78, 5) is 46.3. The number of hydrogen-bond acceptors (Lipinski definition) is 5. The molecule has 1 saturated carbocycles. The van der Waals surface area contributed by atoms with Crippen molar-refractivity contribution < 1.29 is 19.1 Å². The van der Waals surface area contributed by atoms with Crippen LogP contribution in [0.4, 0.5) is 0 Å². The summed E-state index contributed by atoms with van der Waals surface area (Å²) in [6, 6.07) is 16.3. The summed E-state index contributed by atoms with van der Waals surface area (Å²) < 4.78 is 5.24. The van der Waals surface area contributed by atoms with Crippen LogP contribution in [0.15, 0.2) is 54.6 Å². The second-order valence-corrected chi connectivity index (χ2v) is 10.3. The predicted molar refractivity (Wildman–Crippen MR) is 140 cm³/mol. The fraction of sp³-hybridized carbons (Fsp3) is 0.483. The zero-order valence-electron chi connectivity index (χ0n) is 21.5. The molecule has 1 aliphatic carbocycles. The van der Waals surface area contributed by atoms with Gasteiger partial charge in [0.2, 0.25) is 11.8 Å². The van der Waals surface area contributed by atoms with Crippen LogP contribution >= 0.6 is 0 Å². The molecule has 0 spiro atoms. The van der Waals surface area contributed by atoms with E-state index in [-0.39, 0.29) is 36.2 Å². The zero-order chi connectivity index (χ0) is 25.8. The number of carbonyl (C=O) groups is 3. The summed E-state index contributed by atoms with van der Waals surface area (Å²) in [5, 5.41) is 3.13. The summed E-state index contributed by atoms with van der Waals surface area (Å²) in [6.45, 7) is 3.69. The first-order valence-electron chi connectivity index (χ1n) is 13.3. The van der Waals surface area contributed by atoms with E-state index in [1.807, 2.05) is 23.1 Å². The third-order valence-corrected chi connectivity index (χ3v) is 7.97. The molecule has 2 heterocycles. The molecule has 3 amide bonds. The number of methoxy groups -OCH3 is 1. The largest absolute Gasteiger partial charge is 0.497 e. The molecule has 0 radical (unpaired) electrons. The van der Waals surface area contributed by atoms with Crippen LogP contribution in [0.3, 0.4) is 0 Å². The zero-order valence-corrected chi connectivity index (χ0v) is 21.5. The summed E-state index contributed by atoms with van der Waals surface area (Å²) in [5.74, 6) is 0.184. The lowest BCUT2D eigenvalue weighted by molar-refractivity contribution is -0.141. The van der Waals surface area contributed by atoms with Crippen LogP contribution in [0.25, 0.3) is 0 Å². The molecular formula is C29H36N4O4. The van der Waals surface area contributed by atoms with Crippen LogP contribution in [0.2, 0.25) is 0 Å². The van der Waals surface area contributed by atoms with E-state index >= 15 is 0 Å². The summed E-state index contributed by atoms with van der Waals surface area (Å²) in [6.07, 6.45) is 3.73. The van der Waals surface area contributed by atoms with Gasteiger partial charge in [0, 0.05) is 44.3 Å². The molecule has 2 aromatic rings. The molecule has 0 unspecified atom stereocenters.